The largest absolute Gasteiger partial charge is 0.390 e. The molecule has 0 bridgehead atoms. The second kappa shape index (κ2) is 6.58. The van der Waals surface area contributed by atoms with Gasteiger partial charge in [0.1, 0.15) is 11.6 Å². The van der Waals surface area contributed by atoms with Crippen molar-refractivity contribution in [2.75, 3.05) is 13.1 Å². The van der Waals surface area contributed by atoms with Gasteiger partial charge < -0.3 is 5.11 Å². The summed E-state index contributed by atoms with van der Waals surface area (Å²) < 4.78 is 3.76. The molecular weight excluding hydrogens is 280 g/mol. The molecule has 7 heteroatoms. The van der Waals surface area contributed by atoms with Gasteiger partial charge in [0, 0.05) is 25.0 Å². The average Bonchev–Trinajstić information content (AvgIpc) is 3.16. The SMILES string of the molecule is Cc1nc(C)n(C[C@H]2CCCN2C[C@@H](O)Cn2cccn2)n1. The van der Waals surface area contributed by atoms with Gasteiger partial charge in [-0.25, -0.2) is 9.67 Å². The molecule has 0 amide bonds. The minimum atomic E-state index is -0.404. The van der Waals surface area contributed by atoms with Crippen LogP contribution in [0.5, 0.6) is 0 Å². The summed E-state index contributed by atoms with van der Waals surface area (Å²) >= 11 is 0. The van der Waals surface area contributed by atoms with E-state index in [4.69, 9.17) is 0 Å². The van der Waals surface area contributed by atoms with E-state index in [9.17, 15) is 5.11 Å². The molecule has 2 aromatic rings. The number of hydrogen-bond acceptors (Lipinski definition) is 5. The molecule has 1 fully saturated rings. The molecule has 2 atom stereocenters. The molecule has 3 heterocycles. The highest BCUT2D eigenvalue weighted by molar-refractivity contribution is 4.90. The molecule has 22 heavy (non-hydrogen) atoms. The number of aliphatic hydroxyl groups is 1. The lowest BCUT2D eigenvalue weighted by atomic mass is 10.2. The van der Waals surface area contributed by atoms with E-state index in [0.29, 0.717) is 19.1 Å². The van der Waals surface area contributed by atoms with Gasteiger partial charge in [0.25, 0.3) is 0 Å². The predicted molar refractivity (Wildman–Crippen MR) is 82.3 cm³/mol. The number of aryl methyl sites for hydroxylation is 2. The van der Waals surface area contributed by atoms with Gasteiger partial charge in [0.2, 0.25) is 0 Å². The monoisotopic (exact) mass is 304 g/mol. The smallest absolute Gasteiger partial charge is 0.147 e. The van der Waals surface area contributed by atoms with Gasteiger partial charge in [-0.2, -0.15) is 10.2 Å². The van der Waals surface area contributed by atoms with Crippen molar-refractivity contribution in [2.24, 2.45) is 0 Å². The van der Waals surface area contributed by atoms with Crippen LogP contribution < -0.4 is 0 Å². The number of rotatable bonds is 6. The third kappa shape index (κ3) is 3.53. The highest BCUT2D eigenvalue weighted by Crippen LogP contribution is 2.19. The number of aromatic nitrogens is 5. The van der Waals surface area contributed by atoms with Crippen molar-refractivity contribution in [1.29, 1.82) is 0 Å². The molecule has 7 nitrogen and oxygen atoms in total. The lowest BCUT2D eigenvalue weighted by molar-refractivity contribution is 0.0845. The van der Waals surface area contributed by atoms with Crippen molar-refractivity contribution in [3.63, 3.8) is 0 Å². The van der Waals surface area contributed by atoms with E-state index < -0.39 is 6.10 Å². The summed E-state index contributed by atoms with van der Waals surface area (Å²) in [6, 6.07) is 2.30. The Hall–Kier alpha value is -1.73. The zero-order valence-electron chi connectivity index (χ0n) is 13.3. The third-order valence-electron chi connectivity index (χ3n) is 4.25. The van der Waals surface area contributed by atoms with Crippen molar-refractivity contribution >= 4 is 0 Å². The Morgan fingerprint density at radius 2 is 2.23 bits per heavy atom. The van der Waals surface area contributed by atoms with E-state index in [1.165, 1.54) is 6.42 Å². The summed E-state index contributed by atoms with van der Waals surface area (Å²) in [6.07, 6.45) is 5.53. The number of nitrogens with zero attached hydrogens (tertiary/aromatic N) is 6. The molecule has 0 radical (unpaired) electrons. The fourth-order valence-corrected chi connectivity index (χ4v) is 3.23. The average molecular weight is 304 g/mol. The Labute approximate surface area is 130 Å². The first-order chi connectivity index (χ1) is 10.6. The molecule has 0 aromatic carbocycles. The van der Waals surface area contributed by atoms with Crippen molar-refractivity contribution in [3.8, 4) is 0 Å². The third-order valence-corrected chi connectivity index (χ3v) is 4.25. The van der Waals surface area contributed by atoms with Crippen molar-refractivity contribution < 1.29 is 5.11 Å². The molecule has 0 unspecified atom stereocenters. The van der Waals surface area contributed by atoms with Crippen LogP contribution in [0, 0.1) is 13.8 Å². The number of likely N-dealkylation sites (tertiary alicyclic amines) is 1. The Morgan fingerprint density at radius 3 is 2.91 bits per heavy atom. The second-order valence-electron chi connectivity index (χ2n) is 6.06. The van der Waals surface area contributed by atoms with E-state index in [1.54, 1.807) is 10.9 Å². The highest BCUT2D eigenvalue weighted by Gasteiger charge is 2.27. The van der Waals surface area contributed by atoms with E-state index in [2.05, 4.69) is 20.1 Å². The fraction of sp³-hybridized carbons (Fsp3) is 0.667. The summed E-state index contributed by atoms with van der Waals surface area (Å²) in [5.41, 5.74) is 0. The van der Waals surface area contributed by atoms with E-state index in [1.807, 2.05) is 30.8 Å². The zero-order valence-corrected chi connectivity index (χ0v) is 13.3. The molecule has 0 aliphatic carbocycles. The maximum Gasteiger partial charge on any atom is 0.147 e. The van der Waals surface area contributed by atoms with Gasteiger partial charge in [0.15, 0.2) is 0 Å². The van der Waals surface area contributed by atoms with Crippen LogP contribution in [0.4, 0.5) is 0 Å². The molecular formula is C15H24N6O. The van der Waals surface area contributed by atoms with Crippen molar-refractivity contribution in [1.82, 2.24) is 29.4 Å². The van der Waals surface area contributed by atoms with Gasteiger partial charge >= 0.3 is 0 Å². The first kappa shape index (κ1) is 15.2. The molecule has 1 saturated heterocycles. The fourth-order valence-electron chi connectivity index (χ4n) is 3.23. The van der Waals surface area contributed by atoms with Crippen LogP contribution in [0.1, 0.15) is 24.5 Å². The molecule has 1 aliphatic rings. The van der Waals surface area contributed by atoms with Crippen LogP contribution >= 0.6 is 0 Å². The topological polar surface area (TPSA) is 72.0 Å². The van der Waals surface area contributed by atoms with Crippen LogP contribution in [0.3, 0.4) is 0 Å². The van der Waals surface area contributed by atoms with E-state index in [0.717, 1.165) is 31.2 Å². The summed E-state index contributed by atoms with van der Waals surface area (Å²) in [5, 5.41) is 18.9. The normalized spacial score (nSPS) is 20.6. The van der Waals surface area contributed by atoms with E-state index >= 15 is 0 Å². The second-order valence-corrected chi connectivity index (χ2v) is 6.06. The van der Waals surface area contributed by atoms with E-state index in [-0.39, 0.29) is 0 Å². The quantitative estimate of drug-likeness (QED) is 0.847. The summed E-state index contributed by atoms with van der Waals surface area (Å²) in [4.78, 5) is 6.73. The summed E-state index contributed by atoms with van der Waals surface area (Å²) in [6.45, 7) is 7.01. The molecule has 2 aromatic heterocycles. The van der Waals surface area contributed by atoms with Crippen molar-refractivity contribution in [2.45, 2.75) is 51.9 Å². The Morgan fingerprint density at radius 1 is 1.36 bits per heavy atom. The highest BCUT2D eigenvalue weighted by atomic mass is 16.3. The van der Waals surface area contributed by atoms with Crippen LogP contribution in [0.25, 0.3) is 0 Å². The standard InChI is InChI=1S/C15H24N6O/c1-12-17-13(2)21(18-12)9-14-5-3-7-19(14)10-15(22)11-20-8-4-6-16-20/h4,6,8,14-15,22H,3,5,7,9-11H2,1-2H3/t14-,15-/m1/s1. The lowest BCUT2D eigenvalue weighted by Gasteiger charge is -2.27. The molecule has 1 N–H and O–H groups in total. The number of hydrogen-bond donors (Lipinski definition) is 1. The number of aliphatic hydroxyl groups excluding tert-OH is 1. The van der Waals surface area contributed by atoms with Crippen LogP contribution in [-0.2, 0) is 13.1 Å². The van der Waals surface area contributed by atoms with Gasteiger partial charge in [0.05, 0.1) is 19.2 Å². The molecule has 120 valence electrons. The van der Waals surface area contributed by atoms with Crippen LogP contribution in [0.2, 0.25) is 0 Å². The van der Waals surface area contributed by atoms with Gasteiger partial charge in [-0.05, 0) is 39.3 Å². The maximum atomic E-state index is 10.3. The first-order valence-electron chi connectivity index (χ1n) is 7.89. The minimum Gasteiger partial charge on any atom is -0.390 e. The maximum absolute atomic E-state index is 10.3. The Balaban J connectivity index is 1.57. The van der Waals surface area contributed by atoms with Crippen LogP contribution in [-0.4, -0.2) is 59.8 Å². The summed E-state index contributed by atoms with van der Waals surface area (Å²) in [7, 11) is 0. The number of β-amino-alcohol motifs (C(OH)–C–C–N with tert-alkyl or cyclic N) is 1. The lowest BCUT2D eigenvalue weighted by Crippen LogP contribution is -2.40. The van der Waals surface area contributed by atoms with Gasteiger partial charge in [-0.3, -0.25) is 9.58 Å². The zero-order chi connectivity index (χ0) is 15.5. The molecule has 1 aliphatic heterocycles. The summed E-state index contributed by atoms with van der Waals surface area (Å²) in [5.74, 6) is 1.78. The Bertz CT molecular complexity index is 593. The van der Waals surface area contributed by atoms with Crippen molar-refractivity contribution in [3.05, 3.63) is 30.1 Å². The predicted octanol–water partition coefficient (Wildman–Crippen LogP) is 0.617. The van der Waals surface area contributed by atoms with Gasteiger partial charge in [-0.15, -0.1) is 0 Å². The van der Waals surface area contributed by atoms with Crippen LogP contribution in [0.15, 0.2) is 18.5 Å². The molecule has 0 saturated carbocycles. The minimum absolute atomic E-state index is 0.404. The first-order valence-corrected chi connectivity index (χ1v) is 7.89. The Kier molecular flexibility index (Phi) is 4.54. The molecule has 3 rings (SSSR count). The van der Waals surface area contributed by atoms with Gasteiger partial charge in [-0.1, -0.05) is 0 Å². The molecule has 0 spiro atoms.